The molecule has 0 fully saturated rings. The van der Waals surface area contributed by atoms with Gasteiger partial charge in [-0.2, -0.15) is 9.97 Å². The predicted octanol–water partition coefficient (Wildman–Crippen LogP) is 2.03. The van der Waals surface area contributed by atoms with Gasteiger partial charge in [-0.25, -0.2) is 14.4 Å². The van der Waals surface area contributed by atoms with Crippen molar-refractivity contribution in [3.05, 3.63) is 47.9 Å². The molecule has 3 aromatic heterocycles. The maximum Gasteiger partial charge on any atom is 0.223 e. The number of nitrogens with zero attached hydrogens (tertiary/aromatic N) is 5. The summed E-state index contributed by atoms with van der Waals surface area (Å²) >= 11 is 0. The third-order valence-corrected chi connectivity index (χ3v) is 3.45. The second kappa shape index (κ2) is 7.36. The second-order valence-corrected chi connectivity index (χ2v) is 5.87. The molecule has 0 aromatic carbocycles. The highest BCUT2D eigenvalue weighted by molar-refractivity contribution is 5.75. The Bertz CT molecular complexity index is 912. The molecular formula is C17H18FN7O. The lowest BCUT2D eigenvalue weighted by atomic mass is 10.1. The summed E-state index contributed by atoms with van der Waals surface area (Å²) < 4.78 is 13.4. The fourth-order valence-corrected chi connectivity index (χ4v) is 2.47. The lowest BCUT2D eigenvalue weighted by molar-refractivity contribution is 0.195. The summed E-state index contributed by atoms with van der Waals surface area (Å²) in [7, 11) is 0. The van der Waals surface area contributed by atoms with Gasteiger partial charge in [-0.1, -0.05) is 0 Å². The van der Waals surface area contributed by atoms with Crippen molar-refractivity contribution >= 4 is 17.5 Å². The van der Waals surface area contributed by atoms with Gasteiger partial charge >= 0.3 is 0 Å². The van der Waals surface area contributed by atoms with Crippen LogP contribution in [0.4, 0.5) is 21.8 Å². The second-order valence-electron chi connectivity index (χ2n) is 5.87. The van der Waals surface area contributed by atoms with Crippen molar-refractivity contribution < 1.29 is 9.50 Å². The first kappa shape index (κ1) is 17.6. The molecule has 26 heavy (non-hydrogen) atoms. The summed E-state index contributed by atoms with van der Waals surface area (Å²) in [6.07, 6.45) is 4.11. The maximum absolute atomic E-state index is 13.4. The van der Waals surface area contributed by atoms with Crippen LogP contribution in [0, 0.1) is 12.7 Å². The van der Waals surface area contributed by atoms with E-state index in [-0.39, 0.29) is 5.95 Å². The number of hydrogen-bond acceptors (Lipinski definition) is 8. The largest absolute Gasteiger partial charge is 0.393 e. The van der Waals surface area contributed by atoms with Crippen molar-refractivity contribution in [2.45, 2.75) is 26.4 Å². The molecule has 0 aliphatic rings. The molecule has 0 amide bonds. The molecule has 1 unspecified atom stereocenters. The number of aryl methyl sites for hydroxylation is 1. The van der Waals surface area contributed by atoms with E-state index in [1.807, 2.05) is 6.07 Å². The van der Waals surface area contributed by atoms with E-state index in [0.29, 0.717) is 35.1 Å². The smallest absolute Gasteiger partial charge is 0.223 e. The summed E-state index contributed by atoms with van der Waals surface area (Å²) in [5, 5.41) is 12.6. The molecule has 0 spiro atoms. The van der Waals surface area contributed by atoms with Gasteiger partial charge in [0.05, 0.1) is 29.7 Å². The van der Waals surface area contributed by atoms with Crippen LogP contribution in [0.3, 0.4) is 0 Å². The third kappa shape index (κ3) is 4.25. The Morgan fingerprint density at radius 3 is 2.69 bits per heavy atom. The van der Waals surface area contributed by atoms with Gasteiger partial charge in [0.25, 0.3) is 0 Å². The van der Waals surface area contributed by atoms with Crippen LogP contribution in [0.15, 0.2) is 30.7 Å². The van der Waals surface area contributed by atoms with Gasteiger partial charge in [0.2, 0.25) is 5.95 Å². The van der Waals surface area contributed by atoms with Gasteiger partial charge in [0, 0.05) is 12.3 Å². The van der Waals surface area contributed by atoms with Crippen LogP contribution in [-0.4, -0.2) is 36.1 Å². The quantitative estimate of drug-likeness (QED) is 0.635. The molecule has 0 saturated carbocycles. The minimum atomic E-state index is -0.527. The Hall–Kier alpha value is -3.20. The number of pyridine rings is 2. The molecule has 0 aliphatic carbocycles. The number of aromatic nitrogens is 5. The number of nitrogens with two attached hydrogens (primary N) is 1. The zero-order valence-electron chi connectivity index (χ0n) is 14.3. The maximum atomic E-state index is 13.4. The molecule has 0 radical (unpaired) electrons. The van der Waals surface area contributed by atoms with Gasteiger partial charge in [-0.15, -0.1) is 0 Å². The van der Waals surface area contributed by atoms with Gasteiger partial charge in [-0.05, 0) is 31.9 Å². The lowest BCUT2D eigenvalue weighted by Crippen LogP contribution is -2.08. The Morgan fingerprint density at radius 2 is 2.00 bits per heavy atom. The number of rotatable bonds is 5. The van der Waals surface area contributed by atoms with Crippen LogP contribution in [0.2, 0.25) is 0 Å². The van der Waals surface area contributed by atoms with E-state index in [0.717, 1.165) is 11.8 Å². The molecule has 4 N–H and O–H groups in total. The zero-order valence-corrected chi connectivity index (χ0v) is 14.3. The highest BCUT2D eigenvalue weighted by Crippen LogP contribution is 2.28. The van der Waals surface area contributed by atoms with Crippen LogP contribution in [0.5, 0.6) is 0 Å². The molecule has 1 atom stereocenters. The fraction of sp³-hybridized carbons (Fsp3) is 0.235. The summed E-state index contributed by atoms with van der Waals surface area (Å²) in [4.78, 5) is 20.6. The first-order chi connectivity index (χ1) is 12.4. The topological polar surface area (TPSA) is 123 Å². The molecular weight excluding hydrogens is 337 g/mol. The van der Waals surface area contributed by atoms with Crippen molar-refractivity contribution in [2.24, 2.45) is 0 Å². The summed E-state index contributed by atoms with van der Waals surface area (Å²) in [6.45, 7) is 3.40. The standard InChI is InChI=1S/C17H18FN7O/c1-9(26)3-11-4-14(16-22-10(2)23-17(19)25-16)15(21-6-11)24-13-5-12(18)7-20-8-13/h4-9,26H,3H2,1-2H3,(H,21,24)(H2,19,22,23,25). The minimum absolute atomic E-state index is 0.0896. The lowest BCUT2D eigenvalue weighted by Gasteiger charge is -2.13. The van der Waals surface area contributed by atoms with Crippen LogP contribution >= 0.6 is 0 Å². The van der Waals surface area contributed by atoms with Crippen molar-refractivity contribution in [2.75, 3.05) is 11.1 Å². The van der Waals surface area contributed by atoms with Gasteiger partial charge in [-0.3, -0.25) is 4.98 Å². The number of nitrogen functional groups attached to an aromatic ring is 1. The monoisotopic (exact) mass is 355 g/mol. The normalized spacial score (nSPS) is 12.0. The summed E-state index contributed by atoms with van der Waals surface area (Å²) in [6, 6.07) is 3.11. The summed E-state index contributed by atoms with van der Waals surface area (Å²) in [5.74, 6) is 0.833. The van der Waals surface area contributed by atoms with E-state index in [1.165, 1.54) is 12.3 Å². The molecule has 134 valence electrons. The number of nitrogens with one attached hydrogen (secondary N) is 1. The van der Waals surface area contributed by atoms with Gasteiger partial charge < -0.3 is 16.2 Å². The van der Waals surface area contributed by atoms with Crippen LogP contribution < -0.4 is 11.1 Å². The summed E-state index contributed by atoms with van der Waals surface area (Å²) in [5.41, 5.74) is 7.53. The van der Waals surface area contributed by atoms with E-state index >= 15 is 0 Å². The average molecular weight is 355 g/mol. The SMILES string of the molecule is Cc1nc(N)nc(-c2cc(CC(C)O)cnc2Nc2cncc(F)c2)n1. The fourth-order valence-electron chi connectivity index (χ4n) is 2.47. The molecule has 0 saturated heterocycles. The number of hydrogen-bond donors (Lipinski definition) is 3. The first-order valence-electron chi connectivity index (χ1n) is 7.94. The van der Waals surface area contributed by atoms with Crippen molar-refractivity contribution in [3.63, 3.8) is 0 Å². The molecule has 8 nitrogen and oxygen atoms in total. The highest BCUT2D eigenvalue weighted by Gasteiger charge is 2.14. The average Bonchev–Trinajstić information content (AvgIpc) is 2.55. The molecule has 3 aromatic rings. The first-order valence-corrected chi connectivity index (χ1v) is 7.94. The number of anilines is 3. The molecule has 3 rings (SSSR count). The van der Waals surface area contributed by atoms with Crippen LogP contribution in [0.25, 0.3) is 11.4 Å². The van der Waals surface area contributed by atoms with Crippen molar-refractivity contribution in [1.29, 1.82) is 0 Å². The highest BCUT2D eigenvalue weighted by atomic mass is 19.1. The van der Waals surface area contributed by atoms with E-state index in [2.05, 4.69) is 30.2 Å². The Kier molecular flexibility index (Phi) is 4.99. The Morgan fingerprint density at radius 1 is 1.19 bits per heavy atom. The van der Waals surface area contributed by atoms with E-state index in [4.69, 9.17) is 5.73 Å². The minimum Gasteiger partial charge on any atom is -0.393 e. The zero-order chi connectivity index (χ0) is 18.7. The van der Waals surface area contributed by atoms with Gasteiger partial charge in [0.15, 0.2) is 5.82 Å². The molecule has 0 bridgehead atoms. The number of aliphatic hydroxyl groups excluding tert-OH is 1. The van der Waals surface area contributed by atoms with E-state index in [1.54, 1.807) is 20.0 Å². The van der Waals surface area contributed by atoms with Crippen LogP contribution in [-0.2, 0) is 6.42 Å². The predicted molar refractivity (Wildman–Crippen MR) is 95.1 cm³/mol. The Balaban J connectivity index is 2.07. The van der Waals surface area contributed by atoms with E-state index in [9.17, 15) is 9.50 Å². The molecule has 9 heteroatoms. The van der Waals surface area contributed by atoms with Gasteiger partial charge in [0.1, 0.15) is 17.5 Å². The number of halogens is 1. The number of aliphatic hydroxyl groups is 1. The third-order valence-electron chi connectivity index (χ3n) is 3.45. The Labute approximate surface area is 149 Å². The van der Waals surface area contributed by atoms with E-state index < -0.39 is 11.9 Å². The molecule has 3 heterocycles. The van der Waals surface area contributed by atoms with Crippen molar-refractivity contribution in [1.82, 2.24) is 24.9 Å². The van der Waals surface area contributed by atoms with Crippen molar-refractivity contribution in [3.8, 4) is 11.4 Å². The molecule has 0 aliphatic heterocycles. The van der Waals surface area contributed by atoms with Crippen LogP contribution in [0.1, 0.15) is 18.3 Å².